The molecule has 3 amide bonds. The Morgan fingerprint density at radius 1 is 1.30 bits per heavy atom. The Hall–Kier alpha value is -1.89. The zero-order valence-corrected chi connectivity index (χ0v) is 12.2. The molecule has 0 saturated carbocycles. The average molecular weight is 296 g/mol. The van der Waals surface area contributed by atoms with Crippen LogP contribution in [-0.4, -0.2) is 25.0 Å². The summed E-state index contributed by atoms with van der Waals surface area (Å²) in [7, 11) is 1.19. The number of carbonyl (C=O) groups is 3. The van der Waals surface area contributed by atoms with E-state index in [0.717, 1.165) is 29.7 Å². The van der Waals surface area contributed by atoms with Crippen LogP contribution in [0.3, 0.4) is 0 Å². The van der Waals surface area contributed by atoms with E-state index in [2.05, 4.69) is 15.4 Å². The van der Waals surface area contributed by atoms with Gasteiger partial charge in [-0.2, -0.15) is 0 Å². The molecule has 0 fully saturated rings. The monoisotopic (exact) mass is 296 g/mol. The van der Waals surface area contributed by atoms with Crippen molar-refractivity contribution in [2.45, 2.75) is 32.6 Å². The van der Waals surface area contributed by atoms with E-state index in [-0.39, 0.29) is 5.91 Å². The van der Waals surface area contributed by atoms with Crippen LogP contribution >= 0.6 is 11.3 Å². The van der Waals surface area contributed by atoms with Gasteiger partial charge in [0, 0.05) is 11.3 Å². The average Bonchev–Trinajstić information content (AvgIpc) is 2.98. The summed E-state index contributed by atoms with van der Waals surface area (Å²) >= 11 is 1.41. The van der Waals surface area contributed by atoms with Crippen molar-refractivity contribution in [3.8, 4) is 0 Å². The van der Waals surface area contributed by atoms with Crippen molar-refractivity contribution in [2.75, 3.05) is 12.4 Å². The summed E-state index contributed by atoms with van der Waals surface area (Å²) < 4.78 is 4.43. The molecule has 0 radical (unpaired) electrons. The van der Waals surface area contributed by atoms with Gasteiger partial charge < -0.3 is 10.1 Å². The summed E-state index contributed by atoms with van der Waals surface area (Å²) in [6.07, 6.45) is 2.21. The number of nitrogens with one attached hydrogen (secondary N) is 2. The fourth-order valence-corrected chi connectivity index (χ4v) is 3.46. The van der Waals surface area contributed by atoms with Gasteiger partial charge in [-0.25, -0.2) is 4.79 Å². The smallest absolute Gasteiger partial charge is 0.413 e. The largest absolute Gasteiger partial charge is 0.453 e. The minimum atomic E-state index is -0.805. The second-order valence-electron chi connectivity index (χ2n) is 4.41. The minimum absolute atomic E-state index is 0.156. The number of fused-ring (bicyclic) bond motifs is 1. The van der Waals surface area contributed by atoms with Crippen LogP contribution < -0.4 is 10.6 Å². The molecule has 1 heterocycles. The van der Waals surface area contributed by atoms with Crippen LogP contribution in [0, 0.1) is 0 Å². The van der Waals surface area contributed by atoms with E-state index in [1.165, 1.54) is 18.4 Å². The molecule has 7 heteroatoms. The van der Waals surface area contributed by atoms with Crippen LogP contribution in [0.1, 0.15) is 40.6 Å². The lowest BCUT2D eigenvalue weighted by molar-refractivity contribution is -0.115. The molecule has 1 aromatic rings. The van der Waals surface area contributed by atoms with E-state index in [1.807, 2.05) is 0 Å². The zero-order valence-electron chi connectivity index (χ0n) is 11.4. The van der Waals surface area contributed by atoms with E-state index < -0.39 is 12.0 Å². The molecule has 1 aromatic heterocycles. The maximum atomic E-state index is 12.2. The highest BCUT2D eigenvalue weighted by molar-refractivity contribution is 7.17. The van der Waals surface area contributed by atoms with Crippen molar-refractivity contribution in [1.82, 2.24) is 5.32 Å². The fourth-order valence-electron chi connectivity index (χ4n) is 2.15. The molecule has 0 spiro atoms. The normalized spacial score (nSPS) is 12.7. The summed E-state index contributed by atoms with van der Waals surface area (Å²) in [5.74, 6) is -0.681. The minimum Gasteiger partial charge on any atom is -0.453 e. The van der Waals surface area contributed by atoms with Crippen LogP contribution in [0.15, 0.2) is 0 Å². The Labute approximate surface area is 120 Å². The van der Waals surface area contributed by atoms with Gasteiger partial charge in [0.1, 0.15) is 5.00 Å². The molecule has 2 N–H and O–H groups in total. The van der Waals surface area contributed by atoms with Gasteiger partial charge in [0.15, 0.2) is 0 Å². The van der Waals surface area contributed by atoms with Crippen molar-refractivity contribution in [1.29, 1.82) is 0 Å². The maximum absolute atomic E-state index is 12.2. The van der Waals surface area contributed by atoms with Crippen LogP contribution in [-0.2, 0) is 22.4 Å². The van der Waals surface area contributed by atoms with Gasteiger partial charge in [-0.15, -0.1) is 11.3 Å². The second-order valence-corrected chi connectivity index (χ2v) is 5.51. The van der Waals surface area contributed by atoms with Crippen LogP contribution in [0.5, 0.6) is 0 Å². The highest BCUT2D eigenvalue weighted by Crippen LogP contribution is 2.39. The van der Waals surface area contributed by atoms with Gasteiger partial charge in [0.2, 0.25) is 5.91 Å². The van der Waals surface area contributed by atoms with Gasteiger partial charge >= 0.3 is 6.09 Å². The molecule has 20 heavy (non-hydrogen) atoms. The van der Waals surface area contributed by atoms with Crippen molar-refractivity contribution in [2.24, 2.45) is 0 Å². The Bertz CT molecular complexity index is 565. The molecule has 0 unspecified atom stereocenters. The number of ether oxygens (including phenoxy) is 1. The SMILES string of the molecule is CCC(=O)Nc1sc2c(c1C(=O)NC(=O)OC)CCC2. The van der Waals surface area contributed by atoms with Crippen molar-refractivity contribution >= 4 is 34.2 Å². The summed E-state index contributed by atoms with van der Waals surface area (Å²) in [5, 5.41) is 5.39. The molecular weight excluding hydrogens is 280 g/mol. The molecule has 6 nitrogen and oxygen atoms in total. The third-order valence-corrected chi connectivity index (χ3v) is 4.33. The first-order valence-corrected chi connectivity index (χ1v) is 7.22. The number of alkyl carbamates (subject to hydrolysis) is 1. The van der Waals surface area contributed by atoms with Gasteiger partial charge in [0.25, 0.3) is 5.91 Å². The Kier molecular flexibility index (Phi) is 4.39. The number of carbonyl (C=O) groups excluding carboxylic acids is 3. The second kappa shape index (κ2) is 6.04. The molecule has 0 atom stereocenters. The van der Waals surface area contributed by atoms with Gasteiger partial charge in [0.05, 0.1) is 12.7 Å². The quantitative estimate of drug-likeness (QED) is 0.894. The Morgan fingerprint density at radius 3 is 2.70 bits per heavy atom. The number of hydrogen-bond acceptors (Lipinski definition) is 5. The van der Waals surface area contributed by atoms with Gasteiger partial charge in [-0.05, 0) is 24.8 Å². The molecule has 0 bridgehead atoms. The number of imide groups is 1. The number of amides is 3. The van der Waals surface area contributed by atoms with Gasteiger partial charge in [-0.1, -0.05) is 6.92 Å². The first kappa shape index (κ1) is 14.5. The molecule has 0 saturated heterocycles. The zero-order chi connectivity index (χ0) is 14.7. The highest BCUT2D eigenvalue weighted by Gasteiger charge is 2.28. The van der Waals surface area contributed by atoms with E-state index >= 15 is 0 Å². The first-order valence-electron chi connectivity index (χ1n) is 6.40. The first-order chi connectivity index (χ1) is 9.56. The van der Waals surface area contributed by atoms with Crippen molar-refractivity contribution in [3.63, 3.8) is 0 Å². The number of methoxy groups -OCH3 is 1. The third-order valence-electron chi connectivity index (χ3n) is 3.12. The molecule has 1 aliphatic rings. The fraction of sp³-hybridized carbons (Fsp3) is 0.462. The lowest BCUT2D eigenvalue weighted by Gasteiger charge is -2.07. The number of anilines is 1. The Balaban J connectivity index is 2.31. The molecule has 1 aliphatic carbocycles. The standard InChI is InChI=1S/C13H16N2O4S/c1-3-9(16)14-12-10(11(17)15-13(18)19-2)7-5-4-6-8(7)20-12/h3-6H2,1-2H3,(H,14,16)(H,15,17,18). The van der Waals surface area contributed by atoms with E-state index in [1.54, 1.807) is 6.92 Å². The molecule has 0 aromatic carbocycles. The number of thiophene rings is 1. The summed E-state index contributed by atoms with van der Waals surface area (Å²) in [6.45, 7) is 1.74. The van der Waals surface area contributed by atoms with Crippen LogP contribution in [0.2, 0.25) is 0 Å². The van der Waals surface area contributed by atoms with E-state index in [0.29, 0.717) is 17.0 Å². The topological polar surface area (TPSA) is 84.5 Å². The van der Waals surface area contributed by atoms with Crippen LogP contribution in [0.4, 0.5) is 9.80 Å². The summed E-state index contributed by atoms with van der Waals surface area (Å²) in [6, 6.07) is 0. The summed E-state index contributed by atoms with van der Waals surface area (Å²) in [4.78, 5) is 36.0. The number of hydrogen-bond donors (Lipinski definition) is 2. The number of aryl methyl sites for hydroxylation is 1. The highest BCUT2D eigenvalue weighted by atomic mass is 32.1. The molecular formula is C13H16N2O4S. The van der Waals surface area contributed by atoms with Crippen molar-refractivity contribution < 1.29 is 19.1 Å². The number of rotatable bonds is 3. The molecule has 0 aliphatic heterocycles. The Morgan fingerprint density at radius 2 is 2.05 bits per heavy atom. The predicted octanol–water partition coefficient (Wildman–Crippen LogP) is 2.08. The van der Waals surface area contributed by atoms with E-state index in [4.69, 9.17) is 0 Å². The molecule has 2 rings (SSSR count). The lowest BCUT2D eigenvalue weighted by Crippen LogP contribution is -2.31. The van der Waals surface area contributed by atoms with Crippen molar-refractivity contribution in [3.05, 3.63) is 16.0 Å². The van der Waals surface area contributed by atoms with Gasteiger partial charge in [-0.3, -0.25) is 14.9 Å². The lowest BCUT2D eigenvalue weighted by atomic mass is 10.1. The summed E-state index contributed by atoms with van der Waals surface area (Å²) in [5.41, 5.74) is 1.33. The van der Waals surface area contributed by atoms with E-state index in [9.17, 15) is 14.4 Å². The molecule has 108 valence electrons. The predicted molar refractivity (Wildman–Crippen MR) is 75.1 cm³/mol. The third kappa shape index (κ3) is 2.82. The maximum Gasteiger partial charge on any atom is 0.413 e. The van der Waals surface area contributed by atoms with Crippen LogP contribution in [0.25, 0.3) is 0 Å².